The Morgan fingerprint density at radius 1 is 1.02 bits per heavy atom. The van der Waals surface area contributed by atoms with Gasteiger partial charge in [0.05, 0.1) is 12.1 Å². The van der Waals surface area contributed by atoms with Crippen LogP contribution >= 0.6 is 0 Å². The predicted octanol–water partition coefficient (Wildman–Crippen LogP) is 5.46. The number of nitrogens with one attached hydrogen (secondary N) is 2. The van der Waals surface area contributed by atoms with Gasteiger partial charge in [-0.1, -0.05) is 6.07 Å². The van der Waals surface area contributed by atoms with Gasteiger partial charge in [-0.25, -0.2) is 0 Å². The van der Waals surface area contributed by atoms with E-state index < -0.39 is 17.7 Å². The normalized spacial score (nSPS) is 18.5. The lowest BCUT2D eigenvalue weighted by Gasteiger charge is -2.25. The van der Waals surface area contributed by atoms with Crippen LogP contribution in [0, 0.1) is 5.92 Å². The first kappa shape index (κ1) is 29.0. The molecule has 2 N–H and O–H groups in total. The molecule has 1 aromatic heterocycles. The molecule has 8 nitrogen and oxygen atoms in total. The molecule has 1 saturated heterocycles. The van der Waals surface area contributed by atoms with Crippen molar-refractivity contribution in [2.45, 2.75) is 38.3 Å². The minimum atomic E-state index is -4.56. The standard InChI is InChI=1S/C32H34F3N5O3/c33-32(34,35)24-17-25(19-28(18-24)42-14-13-40-11-1-2-12-40)39-31(41)22-4-3-21-5-6-26(16-23(21)15-22)43-27-7-8-36-29(20-27)30-37-9-10-38-30/h5-8,16-20,22H,1-4,9-15H2,(H,37,38)(H,39,41). The monoisotopic (exact) mass is 593 g/mol. The predicted molar refractivity (Wildman–Crippen MR) is 157 cm³/mol. The van der Waals surface area contributed by atoms with Crippen molar-refractivity contribution in [2.75, 3.05) is 44.6 Å². The van der Waals surface area contributed by atoms with Crippen LogP contribution in [-0.4, -0.2) is 61.0 Å². The number of carbonyl (C=O) groups excluding carboxylic acids is 1. The molecule has 0 saturated carbocycles. The van der Waals surface area contributed by atoms with Crippen LogP contribution < -0.4 is 20.1 Å². The van der Waals surface area contributed by atoms with E-state index in [0.29, 0.717) is 49.5 Å². The molecule has 43 heavy (non-hydrogen) atoms. The number of amidine groups is 1. The highest BCUT2D eigenvalue weighted by molar-refractivity contribution is 5.98. The van der Waals surface area contributed by atoms with Crippen molar-refractivity contribution in [3.05, 3.63) is 77.1 Å². The van der Waals surface area contributed by atoms with Crippen molar-refractivity contribution in [1.29, 1.82) is 0 Å². The van der Waals surface area contributed by atoms with E-state index in [1.165, 1.54) is 6.07 Å². The highest BCUT2D eigenvalue weighted by Gasteiger charge is 2.32. The van der Waals surface area contributed by atoms with Crippen LogP contribution in [0.3, 0.4) is 0 Å². The van der Waals surface area contributed by atoms with E-state index in [4.69, 9.17) is 9.47 Å². The summed E-state index contributed by atoms with van der Waals surface area (Å²) in [6, 6.07) is 12.8. The number of hydrogen-bond donors (Lipinski definition) is 2. The van der Waals surface area contributed by atoms with Crippen molar-refractivity contribution in [2.24, 2.45) is 10.9 Å². The molecule has 1 atom stereocenters. The average Bonchev–Trinajstić information content (AvgIpc) is 3.72. The zero-order chi connectivity index (χ0) is 29.8. The number of halogens is 3. The van der Waals surface area contributed by atoms with Crippen molar-refractivity contribution in [1.82, 2.24) is 15.2 Å². The SMILES string of the molecule is O=C(Nc1cc(OCCN2CCCC2)cc(C(F)(F)F)c1)C1CCc2ccc(Oc3ccnc(C4=NCCN4)c3)cc2C1. The second-order valence-corrected chi connectivity index (χ2v) is 11.1. The van der Waals surface area contributed by atoms with Gasteiger partial charge in [0.2, 0.25) is 5.91 Å². The third-order valence-electron chi connectivity index (χ3n) is 8.04. The molecule has 1 unspecified atom stereocenters. The molecule has 3 aromatic rings. The maximum atomic E-state index is 13.7. The zero-order valence-electron chi connectivity index (χ0n) is 23.8. The van der Waals surface area contributed by atoms with Crippen LogP contribution in [0.1, 0.15) is 41.6 Å². The van der Waals surface area contributed by atoms with Gasteiger partial charge in [-0.3, -0.25) is 19.7 Å². The second-order valence-electron chi connectivity index (χ2n) is 11.1. The number of aromatic nitrogens is 1. The van der Waals surface area contributed by atoms with E-state index in [2.05, 4.69) is 25.5 Å². The fraction of sp³-hybridized carbons (Fsp3) is 0.406. The second kappa shape index (κ2) is 12.6. The Labute approximate surface area is 248 Å². The molecule has 3 aliphatic rings. The summed E-state index contributed by atoms with van der Waals surface area (Å²) in [5, 5.41) is 5.93. The van der Waals surface area contributed by atoms with Gasteiger partial charge < -0.3 is 20.1 Å². The Kier molecular flexibility index (Phi) is 8.51. The number of pyridine rings is 1. The van der Waals surface area contributed by atoms with Gasteiger partial charge in [-0.15, -0.1) is 0 Å². The average molecular weight is 594 g/mol. The van der Waals surface area contributed by atoms with Gasteiger partial charge in [0, 0.05) is 43.0 Å². The number of hydrogen-bond acceptors (Lipinski definition) is 7. The molecule has 6 rings (SSSR count). The molecule has 3 heterocycles. The number of fused-ring (bicyclic) bond motifs is 1. The number of carbonyl (C=O) groups is 1. The summed E-state index contributed by atoms with van der Waals surface area (Å²) in [4.78, 5) is 24.3. The van der Waals surface area contributed by atoms with Gasteiger partial charge in [-0.2, -0.15) is 13.2 Å². The molecule has 0 radical (unpaired) electrons. The van der Waals surface area contributed by atoms with Gasteiger partial charge >= 0.3 is 6.18 Å². The zero-order valence-corrected chi connectivity index (χ0v) is 23.8. The van der Waals surface area contributed by atoms with Crippen molar-refractivity contribution >= 4 is 17.4 Å². The van der Waals surface area contributed by atoms with Crippen LogP contribution in [0.25, 0.3) is 0 Å². The van der Waals surface area contributed by atoms with Crippen LogP contribution in [0.4, 0.5) is 18.9 Å². The Balaban J connectivity index is 1.11. The highest BCUT2D eigenvalue weighted by atomic mass is 19.4. The van der Waals surface area contributed by atoms with Crippen LogP contribution in [0.15, 0.2) is 59.7 Å². The van der Waals surface area contributed by atoms with Crippen molar-refractivity contribution < 1.29 is 27.4 Å². The Hall–Kier alpha value is -4.12. The first-order valence-electron chi connectivity index (χ1n) is 14.7. The van der Waals surface area contributed by atoms with E-state index in [-0.39, 0.29) is 24.0 Å². The Morgan fingerprint density at radius 2 is 1.86 bits per heavy atom. The number of alkyl halides is 3. The fourth-order valence-electron chi connectivity index (χ4n) is 5.79. The van der Waals surface area contributed by atoms with Gasteiger partial charge in [0.25, 0.3) is 0 Å². The summed E-state index contributed by atoms with van der Waals surface area (Å²) in [5.41, 5.74) is 2.04. The molecule has 0 bridgehead atoms. The van der Waals surface area contributed by atoms with E-state index in [1.807, 2.05) is 24.3 Å². The highest BCUT2D eigenvalue weighted by Crippen LogP contribution is 2.35. The minimum absolute atomic E-state index is 0.0775. The molecular formula is C32H34F3N5O3. The van der Waals surface area contributed by atoms with Crippen LogP contribution in [-0.2, 0) is 23.8 Å². The number of amides is 1. The number of aryl methyl sites for hydroxylation is 1. The summed E-state index contributed by atoms with van der Waals surface area (Å²) in [6.45, 7) is 4.38. The Bertz CT molecular complexity index is 1500. The smallest absolute Gasteiger partial charge is 0.416 e. The summed E-state index contributed by atoms with van der Waals surface area (Å²) >= 11 is 0. The Morgan fingerprint density at radius 3 is 2.65 bits per heavy atom. The lowest BCUT2D eigenvalue weighted by molar-refractivity contribution is -0.137. The maximum absolute atomic E-state index is 13.7. The summed E-state index contributed by atoms with van der Waals surface area (Å²) in [5.74, 6) is 1.38. The van der Waals surface area contributed by atoms with Crippen molar-refractivity contribution in [3.8, 4) is 17.2 Å². The number of likely N-dealkylation sites (tertiary alicyclic amines) is 1. The third kappa shape index (κ3) is 7.27. The third-order valence-corrected chi connectivity index (χ3v) is 8.04. The first-order valence-corrected chi connectivity index (χ1v) is 14.7. The summed E-state index contributed by atoms with van der Waals surface area (Å²) < 4.78 is 52.8. The molecule has 1 fully saturated rings. The number of aliphatic imine (C=N–C) groups is 1. The van der Waals surface area contributed by atoms with Crippen molar-refractivity contribution in [3.63, 3.8) is 0 Å². The topological polar surface area (TPSA) is 88.1 Å². The molecule has 0 spiro atoms. The number of benzene rings is 2. The molecular weight excluding hydrogens is 559 g/mol. The lowest BCUT2D eigenvalue weighted by Crippen LogP contribution is -2.28. The fourth-order valence-corrected chi connectivity index (χ4v) is 5.79. The van der Waals surface area contributed by atoms with E-state index in [0.717, 1.165) is 61.6 Å². The quantitative estimate of drug-likeness (QED) is 0.343. The molecule has 2 aliphatic heterocycles. The molecule has 11 heteroatoms. The summed E-state index contributed by atoms with van der Waals surface area (Å²) in [7, 11) is 0. The van der Waals surface area contributed by atoms with E-state index in [9.17, 15) is 18.0 Å². The maximum Gasteiger partial charge on any atom is 0.416 e. The molecule has 1 aliphatic carbocycles. The number of nitrogens with zero attached hydrogens (tertiary/aromatic N) is 3. The number of rotatable bonds is 9. The van der Waals surface area contributed by atoms with Crippen LogP contribution in [0.2, 0.25) is 0 Å². The summed E-state index contributed by atoms with van der Waals surface area (Å²) in [6.07, 6.45) is 1.10. The lowest BCUT2D eigenvalue weighted by atomic mass is 9.83. The van der Waals surface area contributed by atoms with Crippen LogP contribution in [0.5, 0.6) is 17.2 Å². The van der Waals surface area contributed by atoms with E-state index in [1.54, 1.807) is 12.3 Å². The minimum Gasteiger partial charge on any atom is -0.492 e. The molecule has 1 amide bonds. The molecule has 2 aromatic carbocycles. The van der Waals surface area contributed by atoms with Gasteiger partial charge in [-0.05, 0) is 86.7 Å². The van der Waals surface area contributed by atoms with E-state index >= 15 is 0 Å². The first-order chi connectivity index (χ1) is 20.8. The molecule has 226 valence electrons. The number of anilines is 1. The van der Waals surface area contributed by atoms with Gasteiger partial charge in [0.15, 0.2) is 0 Å². The van der Waals surface area contributed by atoms with Gasteiger partial charge in [0.1, 0.15) is 35.4 Å². The largest absolute Gasteiger partial charge is 0.492 e. The number of ether oxygens (including phenoxy) is 2.